The van der Waals surface area contributed by atoms with Crippen molar-refractivity contribution in [1.29, 1.82) is 0 Å². The Morgan fingerprint density at radius 2 is 2.06 bits per heavy atom. The number of carbonyl (C=O) groups is 1. The molecule has 1 rings (SSSR count). The van der Waals surface area contributed by atoms with Crippen LogP contribution >= 0.6 is 0 Å². The van der Waals surface area contributed by atoms with Crippen LogP contribution in [0, 0.1) is 0 Å². The molecule has 17 heavy (non-hydrogen) atoms. The number of carboxylic acids is 1. The number of carboxylic acid groups (broad SMARTS) is 1. The largest absolute Gasteiger partial charge is 0.508 e. The SMILES string of the molecule is CCOc1c(C(C)C(=O)O)ccc(O)c1CC. The molecule has 0 amide bonds. The van der Waals surface area contributed by atoms with Crippen LogP contribution < -0.4 is 4.74 Å². The van der Waals surface area contributed by atoms with Crippen molar-refractivity contribution < 1.29 is 19.7 Å². The van der Waals surface area contributed by atoms with E-state index in [9.17, 15) is 9.90 Å². The molecule has 0 aromatic heterocycles. The molecule has 2 N–H and O–H groups in total. The van der Waals surface area contributed by atoms with Gasteiger partial charge in [0.1, 0.15) is 11.5 Å². The third-order valence-corrected chi connectivity index (χ3v) is 2.75. The second kappa shape index (κ2) is 5.57. The average Bonchev–Trinajstić information content (AvgIpc) is 2.29. The molecule has 0 saturated heterocycles. The lowest BCUT2D eigenvalue weighted by molar-refractivity contribution is -0.138. The van der Waals surface area contributed by atoms with Gasteiger partial charge in [-0.05, 0) is 26.3 Å². The predicted octanol–water partition coefficient (Wildman–Crippen LogP) is 2.54. The number of ether oxygens (including phenoxy) is 1. The van der Waals surface area contributed by atoms with E-state index >= 15 is 0 Å². The molecule has 0 bridgehead atoms. The fraction of sp³-hybridized carbons (Fsp3) is 0.462. The highest BCUT2D eigenvalue weighted by Gasteiger charge is 2.21. The van der Waals surface area contributed by atoms with Crippen LogP contribution in [0.4, 0.5) is 0 Å². The maximum atomic E-state index is 11.0. The van der Waals surface area contributed by atoms with Crippen LogP contribution in [0.5, 0.6) is 11.5 Å². The molecule has 4 nitrogen and oxygen atoms in total. The van der Waals surface area contributed by atoms with E-state index in [0.717, 1.165) is 0 Å². The zero-order valence-electron chi connectivity index (χ0n) is 10.4. The summed E-state index contributed by atoms with van der Waals surface area (Å²) in [5, 5.41) is 18.8. The van der Waals surface area contributed by atoms with Crippen LogP contribution in [-0.4, -0.2) is 22.8 Å². The molecule has 0 heterocycles. The number of hydrogen-bond acceptors (Lipinski definition) is 3. The summed E-state index contributed by atoms with van der Waals surface area (Å²) in [5.41, 5.74) is 1.27. The molecule has 0 aliphatic rings. The number of phenols is 1. The molecular formula is C13H18O4. The third kappa shape index (κ3) is 2.70. The van der Waals surface area contributed by atoms with Gasteiger partial charge in [-0.25, -0.2) is 0 Å². The normalized spacial score (nSPS) is 12.2. The van der Waals surface area contributed by atoms with E-state index < -0.39 is 11.9 Å². The Morgan fingerprint density at radius 1 is 1.41 bits per heavy atom. The highest BCUT2D eigenvalue weighted by molar-refractivity contribution is 5.77. The average molecular weight is 238 g/mol. The van der Waals surface area contributed by atoms with Gasteiger partial charge in [0.05, 0.1) is 12.5 Å². The number of phenolic OH excluding ortho intramolecular Hbond substituents is 1. The summed E-state index contributed by atoms with van der Waals surface area (Å²) in [7, 11) is 0. The minimum atomic E-state index is -0.904. The van der Waals surface area contributed by atoms with E-state index in [0.29, 0.717) is 29.9 Å². The first kappa shape index (κ1) is 13.4. The molecule has 0 aliphatic carbocycles. The quantitative estimate of drug-likeness (QED) is 0.827. The van der Waals surface area contributed by atoms with Crippen molar-refractivity contribution in [3.05, 3.63) is 23.3 Å². The van der Waals surface area contributed by atoms with E-state index in [2.05, 4.69) is 0 Å². The highest BCUT2D eigenvalue weighted by atomic mass is 16.5. The summed E-state index contributed by atoms with van der Waals surface area (Å²) in [4.78, 5) is 11.0. The topological polar surface area (TPSA) is 66.8 Å². The molecule has 0 spiro atoms. The van der Waals surface area contributed by atoms with Crippen molar-refractivity contribution in [3.63, 3.8) is 0 Å². The monoisotopic (exact) mass is 238 g/mol. The summed E-state index contributed by atoms with van der Waals surface area (Å²) in [5.74, 6) is -0.900. The van der Waals surface area contributed by atoms with Gasteiger partial charge < -0.3 is 14.9 Å². The maximum Gasteiger partial charge on any atom is 0.310 e. The third-order valence-electron chi connectivity index (χ3n) is 2.75. The molecule has 0 radical (unpaired) electrons. The van der Waals surface area contributed by atoms with Gasteiger partial charge in [0, 0.05) is 11.1 Å². The molecule has 1 aromatic carbocycles. The number of benzene rings is 1. The second-order valence-electron chi connectivity index (χ2n) is 3.83. The van der Waals surface area contributed by atoms with E-state index in [1.807, 2.05) is 13.8 Å². The standard InChI is InChI=1S/C13H18O4/c1-4-9-11(14)7-6-10(8(3)13(15)16)12(9)17-5-2/h6-8,14H,4-5H2,1-3H3,(H,15,16). The van der Waals surface area contributed by atoms with Gasteiger partial charge in [-0.3, -0.25) is 4.79 Å². The van der Waals surface area contributed by atoms with Crippen molar-refractivity contribution in [3.8, 4) is 11.5 Å². The van der Waals surface area contributed by atoms with Crippen molar-refractivity contribution in [2.75, 3.05) is 6.61 Å². The van der Waals surface area contributed by atoms with Crippen LogP contribution in [0.25, 0.3) is 0 Å². The molecule has 4 heteroatoms. The maximum absolute atomic E-state index is 11.0. The lowest BCUT2D eigenvalue weighted by atomic mass is 9.96. The summed E-state index contributed by atoms with van der Waals surface area (Å²) in [6.07, 6.45) is 0.599. The molecule has 0 saturated carbocycles. The summed E-state index contributed by atoms with van der Waals surface area (Å²) >= 11 is 0. The van der Waals surface area contributed by atoms with Crippen molar-refractivity contribution in [1.82, 2.24) is 0 Å². The Kier molecular flexibility index (Phi) is 4.37. The molecule has 0 fully saturated rings. The fourth-order valence-corrected chi connectivity index (χ4v) is 1.77. The van der Waals surface area contributed by atoms with E-state index in [4.69, 9.17) is 9.84 Å². The Labute approximate surface area is 101 Å². The van der Waals surface area contributed by atoms with Crippen LogP contribution in [0.15, 0.2) is 12.1 Å². The lowest BCUT2D eigenvalue weighted by Gasteiger charge is -2.17. The summed E-state index contributed by atoms with van der Waals surface area (Å²) in [6, 6.07) is 3.13. The van der Waals surface area contributed by atoms with Crippen LogP contribution in [-0.2, 0) is 11.2 Å². The van der Waals surface area contributed by atoms with Gasteiger partial charge in [0.2, 0.25) is 0 Å². The Balaban J connectivity index is 3.34. The lowest BCUT2D eigenvalue weighted by Crippen LogP contribution is -2.11. The molecule has 1 aromatic rings. The Hall–Kier alpha value is -1.71. The molecule has 0 aliphatic heterocycles. The molecular weight excluding hydrogens is 220 g/mol. The minimum Gasteiger partial charge on any atom is -0.508 e. The summed E-state index contributed by atoms with van der Waals surface area (Å²) < 4.78 is 5.49. The van der Waals surface area contributed by atoms with Crippen molar-refractivity contribution in [2.45, 2.75) is 33.1 Å². The zero-order valence-corrected chi connectivity index (χ0v) is 10.4. The fourth-order valence-electron chi connectivity index (χ4n) is 1.77. The first-order chi connectivity index (χ1) is 8.02. The van der Waals surface area contributed by atoms with Gasteiger partial charge in [0.15, 0.2) is 0 Å². The first-order valence-corrected chi connectivity index (χ1v) is 5.73. The van der Waals surface area contributed by atoms with Crippen LogP contribution in [0.3, 0.4) is 0 Å². The molecule has 94 valence electrons. The van der Waals surface area contributed by atoms with Crippen LogP contribution in [0.1, 0.15) is 37.8 Å². The van der Waals surface area contributed by atoms with E-state index in [1.165, 1.54) is 6.07 Å². The summed E-state index contributed by atoms with van der Waals surface area (Å²) in [6.45, 7) is 5.78. The van der Waals surface area contributed by atoms with E-state index in [1.54, 1.807) is 13.0 Å². The van der Waals surface area contributed by atoms with Crippen molar-refractivity contribution in [2.24, 2.45) is 0 Å². The van der Waals surface area contributed by atoms with Gasteiger partial charge in [-0.2, -0.15) is 0 Å². The predicted molar refractivity (Wildman–Crippen MR) is 64.7 cm³/mol. The Bertz CT molecular complexity index is 412. The second-order valence-corrected chi connectivity index (χ2v) is 3.83. The van der Waals surface area contributed by atoms with Crippen molar-refractivity contribution >= 4 is 5.97 Å². The van der Waals surface area contributed by atoms with Gasteiger partial charge in [-0.1, -0.05) is 13.0 Å². The Morgan fingerprint density at radius 3 is 2.53 bits per heavy atom. The first-order valence-electron chi connectivity index (χ1n) is 5.73. The highest BCUT2D eigenvalue weighted by Crippen LogP contribution is 2.36. The van der Waals surface area contributed by atoms with E-state index in [-0.39, 0.29) is 5.75 Å². The molecule has 1 atom stereocenters. The van der Waals surface area contributed by atoms with Gasteiger partial charge in [0.25, 0.3) is 0 Å². The van der Waals surface area contributed by atoms with Gasteiger partial charge in [-0.15, -0.1) is 0 Å². The number of aliphatic carboxylic acids is 1. The minimum absolute atomic E-state index is 0.150. The number of rotatable bonds is 5. The number of hydrogen-bond donors (Lipinski definition) is 2. The number of aromatic hydroxyl groups is 1. The zero-order chi connectivity index (χ0) is 13.0. The van der Waals surface area contributed by atoms with Crippen LogP contribution in [0.2, 0.25) is 0 Å². The smallest absolute Gasteiger partial charge is 0.310 e. The van der Waals surface area contributed by atoms with Gasteiger partial charge >= 0.3 is 5.97 Å². The molecule has 1 unspecified atom stereocenters.